The largest absolute Gasteiger partial charge is 0.383 e. The molecule has 0 saturated carbocycles. The predicted octanol–water partition coefficient (Wildman–Crippen LogP) is 4.43. The average molecular weight is 364 g/mol. The van der Waals surface area contributed by atoms with Crippen molar-refractivity contribution < 1.29 is 0 Å². The van der Waals surface area contributed by atoms with Crippen LogP contribution in [0.4, 0.5) is 5.82 Å². The van der Waals surface area contributed by atoms with Crippen molar-refractivity contribution in [2.24, 2.45) is 0 Å². The number of nitriles is 1. The van der Waals surface area contributed by atoms with Gasteiger partial charge in [-0.05, 0) is 47.4 Å². The molecular formula is C24H20N4. The van der Waals surface area contributed by atoms with Gasteiger partial charge in [0.2, 0.25) is 0 Å². The normalized spacial score (nSPS) is 20.8. The fourth-order valence-corrected chi connectivity index (χ4v) is 4.78. The highest BCUT2D eigenvalue weighted by molar-refractivity contribution is 5.60. The van der Waals surface area contributed by atoms with E-state index in [4.69, 9.17) is 10.7 Å². The second-order valence-electron chi connectivity index (χ2n) is 7.74. The molecule has 2 heterocycles. The lowest BCUT2D eigenvalue weighted by atomic mass is 9.71. The fourth-order valence-electron chi connectivity index (χ4n) is 4.78. The van der Waals surface area contributed by atoms with Gasteiger partial charge in [0, 0.05) is 17.5 Å². The summed E-state index contributed by atoms with van der Waals surface area (Å²) in [5.74, 6) is 0.775. The third-order valence-electron chi connectivity index (χ3n) is 6.02. The summed E-state index contributed by atoms with van der Waals surface area (Å²) in [7, 11) is 0. The monoisotopic (exact) mass is 364 g/mol. The Labute approximate surface area is 163 Å². The minimum Gasteiger partial charge on any atom is -0.383 e. The van der Waals surface area contributed by atoms with Crippen LogP contribution in [0.25, 0.3) is 5.65 Å². The zero-order valence-corrected chi connectivity index (χ0v) is 15.6. The average Bonchev–Trinajstić information content (AvgIpc) is 3.23. The number of imidazole rings is 1. The molecule has 0 radical (unpaired) electrons. The standard InChI is InChI=1S/C24H20N4/c1-24(22-23(26)28-12-6-5-9-20(28)27-22)14-18-11-10-16(15-25)13-19(18)21(24)17-7-3-2-4-8-17/h2-13,21H,14,26H2,1H3/t21-,24+/m0/s1. The molecule has 0 unspecified atom stereocenters. The molecule has 1 aliphatic carbocycles. The van der Waals surface area contributed by atoms with Crippen molar-refractivity contribution in [3.63, 3.8) is 0 Å². The van der Waals surface area contributed by atoms with Crippen molar-refractivity contribution in [2.45, 2.75) is 24.7 Å². The molecule has 136 valence electrons. The van der Waals surface area contributed by atoms with Gasteiger partial charge in [0.15, 0.2) is 0 Å². The third-order valence-corrected chi connectivity index (χ3v) is 6.02. The summed E-state index contributed by atoms with van der Waals surface area (Å²) in [4.78, 5) is 4.94. The maximum absolute atomic E-state index is 9.43. The Balaban J connectivity index is 1.77. The van der Waals surface area contributed by atoms with Crippen molar-refractivity contribution in [1.82, 2.24) is 9.38 Å². The maximum atomic E-state index is 9.43. The van der Waals surface area contributed by atoms with Crippen LogP contribution in [0.1, 0.15) is 40.8 Å². The van der Waals surface area contributed by atoms with Gasteiger partial charge in [-0.15, -0.1) is 0 Å². The molecule has 28 heavy (non-hydrogen) atoms. The zero-order chi connectivity index (χ0) is 19.3. The summed E-state index contributed by atoms with van der Waals surface area (Å²) in [6.07, 6.45) is 2.79. The number of anilines is 1. The molecule has 0 spiro atoms. The van der Waals surface area contributed by atoms with E-state index in [0.29, 0.717) is 11.4 Å². The van der Waals surface area contributed by atoms with Crippen LogP contribution in [0.3, 0.4) is 0 Å². The van der Waals surface area contributed by atoms with Crippen molar-refractivity contribution >= 4 is 11.5 Å². The Kier molecular flexibility index (Phi) is 3.53. The summed E-state index contributed by atoms with van der Waals surface area (Å²) < 4.78 is 1.95. The SMILES string of the molecule is C[C@@]1(c2nc3ccccn3c2N)Cc2ccc(C#N)cc2[C@@H]1c1ccccc1. The number of pyridine rings is 1. The number of nitrogens with zero attached hydrogens (tertiary/aromatic N) is 3. The molecule has 2 N–H and O–H groups in total. The van der Waals surface area contributed by atoms with Crippen LogP contribution >= 0.6 is 0 Å². The molecule has 1 aliphatic rings. The first kappa shape index (κ1) is 16.6. The Bertz CT molecular complexity index is 1230. The third kappa shape index (κ3) is 2.26. The Morgan fingerprint density at radius 3 is 2.64 bits per heavy atom. The summed E-state index contributed by atoms with van der Waals surface area (Å²) in [5, 5.41) is 9.43. The number of nitrogen functional groups attached to an aromatic ring is 1. The maximum Gasteiger partial charge on any atom is 0.138 e. The van der Waals surface area contributed by atoms with Gasteiger partial charge in [-0.2, -0.15) is 5.26 Å². The molecule has 2 atom stereocenters. The van der Waals surface area contributed by atoms with Gasteiger partial charge in [-0.25, -0.2) is 4.98 Å². The van der Waals surface area contributed by atoms with E-state index in [2.05, 4.69) is 43.3 Å². The van der Waals surface area contributed by atoms with E-state index >= 15 is 0 Å². The van der Waals surface area contributed by atoms with Gasteiger partial charge in [0.1, 0.15) is 11.5 Å². The van der Waals surface area contributed by atoms with Gasteiger partial charge < -0.3 is 5.73 Å². The van der Waals surface area contributed by atoms with E-state index in [1.54, 1.807) is 0 Å². The van der Waals surface area contributed by atoms with E-state index in [1.165, 1.54) is 16.7 Å². The van der Waals surface area contributed by atoms with Gasteiger partial charge in [0.25, 0.3) is 0 Å². The molecular weight excluding hydrogens is 344 g/mol. The molecule has 0 bridgehead atoms. The number of fused-ring (bicyclic) bond motifs is 2. The van der Waals surface area contributed by atoms with Gasteiger partial charge in [-0.3, -0.25) is 4.40 Å². The molecule has 0 aliphatic heterocycles. The lowest BCUT2D eigenvalue weighted by Gasteiger charge is -2.31. The lowest BCUT2D eigenvalue weighted by molar-refractivity contribution is 0.440. The van der Waals surface area contributed by atoms with Gasteiger partial charge in [-0.1, -0.05) is 49.4 Å². The zero-order valence-electron chi connectivity index (χ0n) is 15.6. The molecule has 4 nitrogen and oxygen atoms in total. The van der Waals surface area contributed by atoms with Crippen LogP contribution in [0.15, 0.2) is 72.9 Å². The second-order valence-corrected chi connectivity index (χ2v) is 7.74. The van der Waals surface area contributed by atoms with Crippen molar-refractivity contribution in [1.29, 1.82) is 5.26 Å². The first-order chi connectivity index (χ1) is 13.6. The van der Waals surface area contributed by atoms with E-state index in [1.807, 2.05) is 47.0 Å². The highest BCUT2D eigenvalue weighted by Gasteiger charge is 2.47. The molecule has 2 aromatic heterocycles. The van der Waals surface area contributed by atoms with E-state index < -0.39 is 0 Å². The summed E-state index contributed by atoms with van der Waals surface area (Å²) in [6.45, 7) is 2.24. The van der Waals surface area contributed by atoms with Crippen molar-refractivity contribution in [3.8, 4) is 6.07 Å². The number of aromatic nitrogens is 2. The smallest absolute Gasteiger partial charge is 0.138 e. The Hall–Kier alpha value is -3.58. The van der Waals surface area contributed by atoms with Gasteiger partial charge >= 0.3 is 0 Å². The number of hydrogen-bond acceptors (Lipinski definition) is 3. The Morgan fingerprint density at radius 2 is 1.89 bits per heavy atom. The number of rotatable bonds is 2. The topological polar surface area (TPSA) is 67.1 Å². The van der Waals surface area contributed by atoms with E-state index in [-0.39, 0.29) is 11.3 Å². The fraction of sp³-hybridized carbons (Fsp3) is 0.167. The quantitative estimate of drug-likeness (QED) is 0.572. The van der Waals surface area contributed by atoms with Crippen molar-refractivity contribution in [2.75, 3.05) is 5.73 Å². The van der Waals surface area contributed by atoms with Gasteiger partial charge in [0.05, 0.1) is 17.3 Å². The molecule has 0 saturated heterocycles. The lowest BCUT2D eigenvalue weighted by Crippen LogP contribution is -2.30. The second kappa shape index (κ2) is 5.97. The highest BCUT2D eigenvalue weighted by atomic mass is 15.1. The first-order valence-electron chi connectivity index (χ1n) is 9.43. The molecule has 0 fully saturated rings. The minimum absolute atomic E-state index is 0.0872. The van der Waals surface area contributed by atoms with Crippen LogP contribution < -0.4 is 5.73 Å². The van der Waals surface area contributed by atoms with Crippen LogP contribution in [0.5, 0.6) is 0 Å². The van der Waals surface area contributed by atoms with Crippen molar-refractivity contribution in [3.05, 3.63) is 101 Å². The van der Waals surface area contributed by atoms with Crippen LogP contribution in [-0.2, 0) is 11.8 Å². The molecule has 2 aromatic carbocycles. The summed E-state index contributed by atoms with van der Waals surface area (Å²) in [5.41, 5.74) is 12.4. The summed E-state index contributed by atoms with van der Waals surface area (Å²) >= 11 is 0. The number of hydrogen-bond donors (Lipinski definition) is 1. The van der Waals surface area contributed by atoms with E-state index in [0.717, 1.165) is 17.8 Å². The predicted molar refractivity (Wildman–Crippen MR) is 110 cm³/mol. The van der Waals surface area contributed by atoms with Crippen LogP contribution in [0.2, 0.25) is 0 Å². The highest BCUT2D eigenvalue weighted by Crippen LogP contribution is 2.53. The molecule has 0 amide bonds. The number of nitrogens with two attached hydrogens (primary N) is 1. The molecule has 4 aromatic rings. The first-order valence-corrected chi connectivity index (χ1v) is 9.43. The molecule has 5 rings (SSSR count). The Morgan fingerprint density at radius 1 is 1.11 bits per heavy atom. The number of benzene rings is 2. The summed E-state index contributed by atoms with van der Waals surface area (Å²) in [6, 6.07) is 24.7. The van der Waals surface area contributed by atoms with Crippen LogP contribution in [0, 0.1) is 11.3 Å². The molecule has 4 heteroatoms. The van der Waals surface area contributed by atoms with E-state index in [9.17, 15) is 5.26 Å². The minimum atomic E-state index is -0.298. The van der Waals surface area contributed by atoms with Crippen LogP contribution in [-0.4, -0.2) is 9.38 Å².